The summed E-state index contributed by atoms with van der Waals surface area (Å²) in [6.45, 7) is 1.83. The fourth-order valence-electron chi connectivity index (χ4n) is 1.77. The molecule has 1 atom stereocenters. The molecule has 0 aliphatic carbocycles. The zero-order valence-electron chi connectivity index (χ0n) is 12.6. The standard InChI is InChI=1S/C15H14BrN3O4S/c1-2-13(23-11-5-3-4-10(16)8-11)15(20)18-17-9-12-6-7-14(24-12)19(21)22/h3-9,13H,2H2,1H3,(H,18,20)/b17-9+. The van der Waals surface area contributed by atoms with Crippen molar-refractivity contribution in [3.63, 3.8) is 0 Å². The van der Waals surface area contributed by atoms with Crippen LogP contribution >= 0.6 is 27.3 Å². The average molecular weight is 412 g/mol. The molecule has 9 heteroatoms. The Morgan fingerprint density at radius 2 is 2.29 bits per heavy atom. The molecule has 1 unspecified atom stereocenters. The van der Waals surface area contributed by atoms with Crippen LogP contribution < -0.4 is 10.2 Å². The number of nitrogens with zero attached hydrogens (tertiary/aromatic N) is 2. The van der Waals surface area contributed by atoms with Gasteiger partial charge in [-0.25, -0.2) is 5.43 Å². The highest BCUT2D eigenvalue weighted by Crippen LogP contribution is 2.22. The molecule has 0 saturated carbocycles. The van der Waals surface area contributed by atoms with Gasteiger partial charge in [-0.1, -0.05) is 40.3 Å². The van der Waals surface area contributed by atoms with Crippen LogP contribution in [0.1, 0.15) is 18.2 Å². The fraction of sp³-hybridized carbons (Fsp3) is 0.200. The first kappa shape index (κ1) is 18.1. The Morgan fingerprint density at radius 1 is 1.50 bits per heavy atom. The number of hydrogen-bond acceptors (Lipinski definition) is 6. The topological polar surface area (TPSA) is 93.8 Å². The molecule has 0 fully saturated rings. The van der Waals surface area contributed by atoms with Gasteiger partial charge >= 0.3 is 5.00 Å². The van der Waals surface area contributed by atoms with E-state index in [1.54, 1.807) is 18.2 Å². The first-order chi connectivity index (χ1) is 11.5. The highest BCUT2D eigenvalue weighted by molar-refractivity contribution is 9.10. The number of halogens is 1. The number of hydrogen-bond donors (Lipinski definition) is 1. The molecule has 0 saturated heterocycles. The van der Waals surface area contributed by atoms with Gasteiger partial charge in [-0.15, -0.1) is 0 Å². The Labute approximate surface area is 150 Å². The summed E-state index contributed by atoms with van der Waals surface area (Å²) in [6, 6.07) is 10.1. The molecule has 0 spiro atoms. The van der Waals surface area contributed by atoms with Crippen molar-refractivity contribution in [1.82, 2.24) is 5.43 Å². The van der Waals surface area contributed by atoms with Crippen LogP contribution in [-0.4, -0.2) is 23.1 Å². The predicted octanol–water partition coefficient (Wildman–Crippen LogP) is 3.73. The Bertz CT molecular complexity index is 763. The van der Waals surface area contributed by atoms with Crippen molar-refractivity contribution in [3.05, 3.63) is 55.9 Å². The van der Waals surface area contributed by atoms with Crippen LogP contribution in [0.15, 0.2) is 46.0 Å². The van der Waals surface area contributed by atoms with Crippen LogP contribution in [0.5, 0.6) is 5.75 Å². The highest BCUT2D eigenvalue weighted by Gasteiger charge is 2.18. The molecule has 2 rings (SSSR count). The summed E-state index contributed by atoms with van der Waals surface area (Å²) in [6.07, 6.45) is 1.15. The third-order valence-corrected chi connectivity index (χ3v) is 4.36. The van der Waals surface area contributed by atoms with Gasteiger partial charge in [0.25, 0.3) is 5.91 Å². The molecule has 7 nitrogen and oxygen atoms in total. The molecule has 2 aromatic rings. The minimum atomic E-state index is -0.686. The minimum absolute atomic E-state index is 0.0206. The van der Waals surface area contributed by atoms with Crippen molar-refractivity contribution >= 4 is 44.4 Å². The normalized spacial score (nSPS) is 12.1. The number of rotatable bonds is 7. The molecule has 1 heterocycles. The van der Waals surface area contributed by atoms with E-state index in [0.29, 0.717) is 17.0 Å². The Morgan fingerprint density at radius 3 is 2.92 bits per heavy atom. The lowest BCUT2D eigenvalue weighted by atomic mass is 10.2. The van der Waals surface area contributed by atoms with Gasteiger partial charge in [-0.2, -0.15) is 5.10 Å². The van der Waals surface area contributed by atoms with E-state index in [1.165, 1.54) is 12.3 Å². The lowest BCUT2D eigenvalue weighted by Crippen LogP contribution is -2.35. The van der Waals surface area contributed by atoms with Crippen molar-refractivity contribution in [2.75, 3.05) is 0 Å². The number of benzene rings is 1. The quantitative estimate of drug-likeness (QED) is 0.426. The Hall–Kier alpha value is -2.26. The summed E-state index contributed by atoms with van der Waals surface area (Å²) in [5, 5.41) is 14.4. The number of hydrazone groups is 1. The van der Waals surface area contributed by atoms with Gasteiger partial charge in [0, 0.05) is 10.5 Å². The van der Waals surface area contributed by atoms with E-state index < -0.39 is 11.0 Å². The maximum Gasteiger partial charge on any atom is 0.324 e. The SMILES string of the molecule is CCC(Oc1cccc(Br)c1)C(=O)N/N=C/c1ccc([N+](=O)[O-])s1. The zero-order valence-corrected chi connectivity index (χ0v) is 15.0. The largest absolute Gasteiger partial charge is 0.481 e. The van der Waals surface area contributed by atoms with E-state index in [9.17, 15) is 14.9 Å². The second kappa shape index (κ2) is 8.55. The van der Waals surface area contributed by atoms with E-state index in [2.05, 4.69) is 26.5 Å². The smallest absolute Gasteiger partial charge is 0.324 e. The van der Waals surface area contributed by atoms with E-state index in [4.69, 9.17) is 4.74 Å². The molecule has 1 aromatic carbocycles. The van der Waals surface area contributed by atoms with Crippen LogP contribution in [-0.2, 0) is 4.79 Å². The Balaban J connectivity index is 1.93. The fourth-order valence-corrected chi connectivity index (χ4v) is 2.84. The molecule has 0 aliphatic rings. The third kappa shape index (κ3) is 5.14. The van der Waals surface area contributed by atoms with Gasteiger partial charge < -0.3 is 4.74 Å². The third-order valence-electron chi connectivity index (χ3n) is 2.90. The van der Waals surface area contributed by atoms with Crippen LogP contribution in [0.3, 0.4) is 0 Å². The van der Waals surface area contributed by atoms with Gasteiger partial charge in [0.15, 0.2) is 6.10 Å². The molecule has 1 aromatic heterocycles. The second-order valence-corrected chi connectivity index (χ2v) is 6.65. The number of amides is 1. The predicted molar refractivity (Wildman–Crippen MR) is 95.6 cm³/mol. The van der Waals surface area contributed by atoms with Crippen molar-refractivity contribution < 1.29 is 14.5 Å². The van der Waals surface area contributed by atoms with E-state index >= 15 is 0 Å². The molecule has 0 radical (unpaired) electrons. The van der Waals surface area contributed by atoms with Crippen LogP contribution in [0.4, 0.5) is 5.00 Å². The first-order valence-electron chi connectivity index (χ1n) is 6.99. The van der Waals surface area contributed by atoms with E-state index in [1.807, 2.05) is 19.1 Å². The summed E-state index contributed by atoms with van der Waals surface area (Å²) in [7, 11) is 0. The second-order valence-electron chi connectivity index (χ2n) is 4.64. The van der Waals surface area contributed by atoms with Gasteiger partial charge in [-0.05, 0) is 30.7 Å². The summed E-state index contributed by atoms with van der Waals surface area (Å²) >= 11 is 4.31. The lowest BCUT2D eigenvalue weighted by molar-refractivity contribution is -0.380. The highest BCUT2D eigenvalue weighted by atomic mass is 79.9. The minimum Gasteiger partial charge on any atom is -0.481 e. The molecule has 1 N–H and O–H groups in total. The van der Waals surface area contributed by atoms with Crippen molar-refractivity contribution in [2.45, 2.75) is 19.4 Å². The van der Waals surface area contributed by atoms with Gasteiger partial charge in [0.05, 0.1) is 16.0 Å². The maximum atomic E-state index is 12.1. The van der Waals surface area contributed by atoms with Gasteiger partial charge in [-0.3, -0.25) is 14.9 Å². The molecule has 126 valence electrons. The molecular formula is C15H14BrN3O4S. The summed E-state index contributed by atoms with van der Waals surface area (Å²) in [5.41, 5.74) is 2.39. The zero-order chi connectivity index (χ0) is 17.5. The number of thiophene rings is 1. The van der Waals surface area contributed by atoms with Crippen LogP contribution in [0.25, 0.3) is 0 Å². The summed E-state index contributed by atoms with van der Waals surface area (Å²) in [5.74, 6) is 0.184. The molecular weight excluding hydrogens is 398 g/mol. The van der Waals surface area contributed by atoms with Crippen LogP contribution in [0.2, 0.25) is 0 Å². The molecule has 0 aliphatic heterocycles. The number of ether oxygens (including phenoxy) is 1. The van der Waals surface area contributed by atoms with E-state index in [0.717, 1.165) is 15.8 Å². The Kier molecular flexibility index (Phi) is 6.44. The average Bonchev–Trinajstić information content (AvgIpc) is 3.01. The van der Waals surface area contributed by atoms with Crippen LogP contribution in [0, 0.1) is 10.1 Å². The van der Waals surface area contributed by atoms with Crippen molar-refractivity contribution in [3.8, 4) is 5.75 Å². The number of nitrogens with one attached hydrogen (secondary N) is 1. The summed E-state index contributed by atoms with van der Waals surface area (Å²) in [4.78, 5) is 22.8. The van der Waals surface area contributed by atoms with Crippen molar-refractivity contribution in [1.29, 1.82) is 0 Å². The number of nitro groups is 1. The summed E-state index contributed by atoms with van der Waals surface area (Å²) < 4.78 is 6.50. The maximum absolute atomic E-state index is 12.1. The van der Waals surface area contributed by atoms with Crippen molar-refractivity contribution in [2.24, 2.45) is 5.10 Å². The van der Waals surface area contributed by atoms with Gasteiger partial charge in [0.2, 0.25) is 0 Å². The first-order valence-corrected chi connectivity index (χ1v) is 8.60. The lowest BCUT2D eigenvalue weighted by Gasteiger charge is -2.15. The molecule has 0 bridgehead atoms. The molecule has 1 amide bonds. The number of carbonyl (C=O) groups is 1. The molecule has 24 heavy (non-hydrogen) atoms. The van der Waals surface area contributed by atoms with E-state index in [-0.39, 0.29) is 10.9 Å². The van der Waals surface area contributed by atoms with Gasteiger partial charge in [0.1, 0.15) is 5.75 Å². The monoisotopic (exact) mass is 411 g/mol. The number of carbonyl (C=O) groups excluding carboxylic acids is 1.